The molecule has 0 radical (unpaired) electrons. The molecule has 1 saturated heterocycles. The number of hydrogen-bond acceptors (Lipinski definition) is 5. The Labute approximate surface area is 309 Å². The molecule has 0 aliphatic carbocycles. The summed E-state index contributed by atoms with van der Waals surface area (Å²) in [6, 6.07) is 67.6. The van der Waals surface area contributed by atoms with Crippen LogP contribution in [-0.4, -0.2) is 0 Å². The maximum Gasteiger partial charge on any atom is 0.130 e. The van der Waals surface area contributed by atoms with E-state index in [9.17, 15) is 0 Å². The van der Waals surface area contributed by atoms with Crippen LogP contribution >= 0.6 is 0 Å². The van der Waals surface area contributed by atoms with Crippen LogP contribution in [0.4, 0.5) is 17.1 Å². The van der Waals surface area contributed by atoms with E-state index in [1.165, 1.54) is 60.6 Å². The fourth-order valence-corrected chi connectivity index (χ4v) is 8.17. The van der Waals surface area contributed by atoms with Gasteiger partial charge in [-0.15, -0.1) is 0 Å². The zero-order valence-electron chi connectivity index (χ0n) is 29.2. The summed E-state index contributed by atoms with van der Waals surface area (Å²) in [5, 5.41) is 20.3. The summed E-state index contributed by atoms with van der Waals surface area (Å²) in [4.78, 5) is 2.47. The van der Waals surface area contributed by atoms with Crippen molar-refractivity contribution in [3.8, 4) is 11.1 Å². The summed E-state index contributed by atoms with van der Waals surface area (Å²) < 4.78 is 0. The molecule has 0 spiro atoms. The minimum Gasteiger partial charge on any atom is -0.359 e. The molecule has 3 atom stereocenters. The number of benzene rings is 8. The standard InChI is InChI=1S/C48H39N5/c1-5-14-33(15-6-1)45-50-46(34-16-7-2-8-17-34)52-47(51-45)39-21-13-20-36(31-39)37-26-28-41-38(30-37)25-24-32-27-29-42-44(43(32)41)53(40-22-11-4-12-23-40)48(49-42)35-18-9-3-10-19-35/h1-31,45-52H. The molecule has 10 rings (SSSR count). The molecule has 53 heavy (non-hydrogen) atoms. The lowest BCUT2D eigenvalue weighted by Gasteiger charge is -2.39. The van der Waals surface area contributed by atoms with Crippen molar-refractivity contribution in [1.29, 1.82) is 0 Å². The van der Waals surface area contributed by atoms with Crippen LogP contribution in [0, 0.1) is 0 Å². The van der Waals surface area contributed by atoms with Gasteiger partial charge in [-0.05, 0) is 79.9 Å². The molecule has 0 saturated carbocycles. The van der Waals surface area contributed by atoms with Gasteiger partial charge in [-0.2, -0.15) is 0 Å². The SMILES string of the molecule is c1ccc(C2NC(c3ccccc3)NC(c3cccc(-c4ccc5c(ccc6ccc7c(c65)N(c5ccccc5)C(c5ccccc5)N7)c4)c3)N2)cc1. The molecular formula is C48H39N5. The Morgan fingerprint density at radius 1 is 0.396 bits per heavy atom. The third-order valence-corrected chi connectivity index (χ3v) is 10.7. The van der Waals surface area contributed by atoms with Gasteiger partial charge in [-0.25, -0.2) is 0 Å². The summed E-state index contributed by atoms with van der Waals surface area (Å²) >= 11 is 0. The van der Waals surface area contributed by atoms with Crippen molar-refractivity contribution in [1.82, 2.24) is 16.0 Å². The maximum atomic E-state index is 3.87. The van der Waals surface area contributed by atoms with Gasteiger partial charge in [0.2, 0.25) is 0 Å². The van der Waals surface area contributed by atoms with E-state index < -0.39 is 0 Å². The fraction of sp³-hybridized carbons (Fsp3) is 0.0833. The predicted molar refractivity (Wildman–Crippen MR) is 219 cm³/mol. The van der Waals surface area contributed by atoms with Crippen molar-refractivity contribution < 1.29 is 0 Å². The van der Waals surface area contributed by atoms with E-state index in [-0.39, 0.29) is 24.7 Å². The van der Waals surface area contributed by atoms with E-state index >= 15 is 0 Å². The Balaban J connectivity index is 1.04. The first-order valence-corrected chi connectivity index (χ1v) is 18.4. The minimum atomic E-state index is -0.0624. The first-order valence-electron chi connectivity index (χ1n) is 18.4. The predicted octanol–water partition coefficient (Wildman–Crippen LogP) is 11.1. The molecule has 256 valence electrons. The quantitative estimate of drug-likeness (QED) is 0.131. The molecule has 0 aromatic heterocycles. The monoisotopic (exact) mass is 685 g/mol. The van der Waals surface area contributed by atoms with Crippen molar-refractivity contribution in [2.24, 2.45) is 0 Å². The Morgan fingerprint density at radius 3 is 1.58 bits per heavy atom. The van der Waals surface area contributed by atoms with E-state index in [0.717, 1.165) is 11.4 Å². The number of para-hydroxylation sites is 1. The topological polar surface area (TPSA) is 51.4 Å². The van der Waals surface area contributed by atoms with Crippen LogP contribution in [0.2, 0.25) is 0 Å². The average Bonchev–Trinajstić information content (AvgIpc) is 3.64. The number of fused-ring (bicyclic) bond motifs is 5. The zero-order chi connectivity index (χ0) is 35.1. The molecule has 5 nitrogen and oxygen atoms in total. The van der Waals surface area contributed by atoms with E-state index in [0.29, 0.717) is 0 Å². The molecule has 8 aromatic rings. The molecule has 5 heteroatoms. The van der Waals surface area contributed by atoms with Gasteiger partial charge in [0.05, 0.1) is 29.9 Å². The summed E-state index contributed by atoms with van der Waals surface area (Å²) in [6.45, 7) is 0. The summed E-state index contributed by atoms with van der Waals surface area (Å²) in [6.07, 6.45) is -0.110. The smallest absolute Gasteiger partial charge is 0.130 e. The molecule has 2 aliphatic heterocycles. The minimum absolute atomic E-state index is 0.0154. The van der Waals surface area contributed by atoms with Crippen LogP contribution in [0.5, 0.6) is 0 Å². The van der Waals surface area contributed by atoms with Crippen LogP contribution in [-0.2, 0) is 0 Å². The van der Waals surface area contributed by atoms with Crippen molar-refractivity contribution in [3.05, 3.63) is 210 Å². The Hall–Kier alpha value is -6.24. The number of anilines is 3. The highest BCUT2D eigenvalue weighted by Crippen LogP contribution is 2.51. The van der Waals surface area contributed by atoms with Gasteiger partial charge in [0, 0.05) is 11.1 Å². The van der Waals surface area contributed by atoms with Crippen molar-refractivity contribution in [2.75, 3.05) is 10.2 Å². The third-order valence-electron chi connectivity index (χ3n) is 10.7. The van der Waals surface area contributed by atoms with Gasteiger partial charge in [0.25, 0.3) is 0 Å². The Kier molecular flexibility index (Phi) is 7.95. The van der Waals surface area contributed by atoms with Gasteiger partial charge in [0.15, 0.2) is 0 Å². The van der Waals surface area contributed by atoms with E-state index in [1.807, 2.05) is 0 Å². The highest BCUT2D eigenvalue weighted by atomic mass is 15.4. The van der Waals surface area contributed by atoms with Crippen LogP contribution in [0.1, 0.15) is 46.9 Å². The summed E-state index contributed by atoms with van der Waals surface area (Å²) in [7, 11) is 0. The van der Waals surface area contributed by atoms with E-state index in [2.05, 4.69) is 214 Å². The molecule has 0 amide bonds. The van der Waals surface area contributed by atoms with Crippen molar-refractivity contribution in [2.45, 2.75) is 24.7 Å². The first-order chi connectivity index (χ1) is 26.3. The van der Waals surface area contributed by atoms with Gasteiger partial charge in [0.1, 0.15) is 6.17 Å². The largest absolute Gasteiger partial charge is 0.359 e. The second kappa shape index (κ2) is 13.4. The van der Waals surface area contributed by atoms with Crippen LogP contribution in [0.25, 0.3) is 32.7 Å². The van der Waals surface area contributed by atoms with Crippen LogP contribution in [0.15, 0.2) is 188 Å². The second-order valence-electron chi connectivity index (χ2n) is 14.0. The fourth-order valence-electron chi connectivity index (χ4n) is 8.17. The number of nitrogens with one attached hydrogen (secondary N) is 4. The molecule has 3 unspecified atom stereocenters. The lowest BCUT2D eigenvalue weighted by atomic mass is 9.94. The number of nitrogens with zero attached hydrogens (tertiary/aromatic N) is 1. The molecule has 8 aromatic carbocycles. The van der Waals surface area contributed by atoms with Crippen molar-refractivity contribution >= 4 is 38.6 Å². The first kappa shape index (κ1) is 31.5. The summed E-state index contributed by atoms with van der Waals surface area (Å²) in [5.41, 5.74) is 10.7. The van der Waals surface area contributed by atoms with Gasteiger partial charge >= 0.3 is 0 Å². The van der Waals surface area contributed by atoms with Crippen LogP contribution in [0.3, 0.4) is 0 Å². The Morgan fingerprint density at radius 2 is 0.925 bits per heavy atom. The third kappa shape index (κ3) is 5.81. The molecule has 2 heterocycles. The van der Waals surface area contributed by atoms with Gasteiger partial charge in [-0.1, -0.05) is 158 Å². The van der Waals surface area contributed by atoms with Crippen LogP contribution < -0.4 is 26.2 Å². The van der Waals surface area contributed by atoms with E-state index in [1.54, 1.807) is 0 Å². The molecule has 4 N–H and O–H groups in total. The number of rotatable bonds is 6. The Bertz CT molecular complexity index is 2490. The molecular weight excluding hydrogens is 647 g/mol. The van der Waals surface area contributed by atoms with Gasteiger partial charge in [-0.3, -0.25) is 16.0 Å². The summed E-state index contributed by atoms with van der Waals surface area (Å²) in [5.74, 6) is 0. The second-order valence-corrected chi connectivity index (χ2v) is 14.0. The maximum absolute atomic E-state index is 3.87. The molecule has 0 bridgehead atoms. The lowest BCUT2D eigenvalue weighted by molar-refractivity contribution is 0.203. The molecule has 2 aliphatic rings. The number of hydrogen-bond donors (Lipinski definition) is 4. The zero-order valence-corrected chi connectivity index (χ0v) is 29.2. The van der Waals surface area contributed by atoms with Crippen molar-refractivity contribution in [3.63, 3.8) is 0 Å². The highest BCUT2D eigenvalue weighted by Gasteiger charge is 2.33. The van der Waals surface area contributed by atoms with Gasteiger partial charge < -0.3 is 10.2 Å². The normalized spacial score (nSPS) is 19.6. The average molecular weight is 686 g/mol. The molecule has 1 fully saturated rings. The lowest BCUT2D eigenvalue weighted by Crippen LogP contribution is -2.54. The van der Waals surface area contributed by atoms with E-state index in [4.69, 9.17) is 0 Å². The highest BCUT2D eigenvalue weighted by molar-refractivity contribution is 6.18.